The number of aliphatic hydroxyl groups is 1. The first-order chi connectivity index (χ1) is 6.77. The molecule has 1 N–H and O–H groups in total. The highest BCUT2D eigenvalue weighted by Gasteiger charge is 2.20. The number of rotatable bonds is 5. The monoisotopic (exact) mass is 200 g/mol. The third kappa shape index (κ3) is 3.56. The van der Waals surface area contributed by atoms with Crippen LogP contribution in [0.25, 0.3) is 0 Å². The van der Waals surface area contributed by atoms with Crippen molar-refractivity contribution in [2.24, 2.45) is 0 Å². The van der Waals surface area contributed by atoms with Crippen LogP contribution in [0.3, 0.4) is 0 Å². The van der Waals surface area contributed by atoms with Crippen molar-refractivity contribution >= 4 is 0 Å². The predicted molar refractivity (Wildman–Crippen MR) is 59.2 cm³/mol. The van der Waals surface area contributed by atoms with Gasteiger partial charge in [0.25, 0.3) is 0 Å². The van der Waals surface area contributed by atoms with Gasteiger partial charge in [-0.3, -0.25) is 4.90 Å². The van der Waals surface area contributed by atoms with Crippen molar-refractivity contribution in [2.75, 3.05) is 32.7 Å². The van der Waals surface area contributed by atoms with E-state index in [9.17, 15) is 5.11 Å². The predicted octanol–water partition coefficient (Wildman–Crippen LogP) is 1.13. The number of unbranched alkanes of at least 4 members (excludes halogenated alkanes) is 1. The molecule has 1 atom stereocenters. The molecule has 0 aromatic carbocycles. The quantitative estimate of drug-likeness (QED) is 0.721. The molecule has 0 bridgehead atoms. The Hall–Kier alpha value is -0.120. The van der Waals surface area contributed by atoms with E-state index in [4.69, 9.17) is 0 Å². The van der Waals surface area contributed by atoms with Gasteiger partial charge in [0.15, 0.2) is 0 Å². The van der Waals surface area contributed by atoms with Crippen LogP contribution in [0, 0.1) is 0 Å². The Morgan fingerprint density at radius 2 is 1.79 bits per heavy atom. The summed E-state index contributed by atoms with van der Waals surface area (Å²) in [7, 11) is 0. The molecular weight excluding hydrogens is 176 g/mol. The van der Waals surface area contributed by atoms with Crippen LogP contribution in [0.2, 0.25) is 0 Å². The molecule has 0 spiro atoms. The minimum absolute atomic E-state index is 0.219. The molecular formula is C11H24N2O. The van der Waals surface area contributed by atoms with Gasteiger partial charge in [0.2, 0.25) is 0 Å². The molecule has 3 heteroatoms. The molecule has 1 unspecified atom stereocenters. The van der Waals surface area contributed by atoms with Gasteiger partial charge in [-0.1, -0.05) is 20.3 Å². The summed E-state index contributed by atoms with van der Waals surface area (Å²) in [6.45, 7) is 9.79. The van der Waals surface area contributed by atoms with Crippen LogP contribution in [0.1, 0.15) is 33.1 Å². The van der Waals surface area contributed by atoms with Crippen molar-refractivity contribution in [1.82, 2.24) is 9.80 Å². The van der Waals surface area contributed by atoms with E-state index >= 15 is 0 Å². The van der Waals surface area contributed by atoms with Crippen molar-refractivity contribution in [1.29, 1.82) is 0 Å². The summed E-state index contributed by atoms with van der Waals surface area (Å²) in [5.41, 5.74) is 0. The molecule has 1 heterocycles. The molecule has 1 fully saturated rings. The lowest BCUT2D eigenvalue weighted by Crippen LogP contribution is -2.50. The van der Waals surface area contributed by atoms with Crippen LogP contribution in [0.4, 0.5) is 0 Å². The first-order valence-electron chi connectivity index (χ1n) is 5.92. The topological polar surface area (TPSA) is 26.7 Å². The van der Waals surface area contributed by atoms with Crippen LogP contribution in [0.5, 0.6) is 0 Å². The van der Waals surface area contributed by atoms with Crippen molar-refractivity contribution in [3.8, 4) is 0 Å². The summed E-state index contributed by atoms with van der Waals surface area (Å²) in [5.74, 6) is 0. The molecule has 0 aromatic heterocycles. The van der Waals surface area contributed by atoms with Crippen molar-refractivity contribution in [3.63, 3.8) is 0 Å². The second-order valence-electron chi connectivity index (χ2n) is 4.12. The third-order valence-electron chi connectivity index (χ3n) is 3.02. The molecule has 0 radical (unpaired) electrons. The summed E-state index contributed by atoms with van der Waals surface area (Å²) in [6.07, 6.45) is 3.20. The van der Waals surface area contributed by atoms with E-state index in [1.165, 1.54) is 19.4 Å². The summed E-state index contributed by atoms with van der Waals surface area (Å²) in [6, 6.07) is 0. The summed E-state index contributed by atoms with van der Waals surface area (Å²) >= 11 is 0. The minimum atomic E-state index is -0.219. The van der Waals surface area contributed by atoms with Gasteiger partial charge in [0.1, 0.15) is 6.23 Å². The normalized spacial score (nSPS) is 22.5. The Morgan fingerprint density at radius 1 is 1.14 bits per heavy atom. The first-order valence-corrected chi connectivity index (χ1v) is 5.92. The fraction of sp³-hybridized carbons (Fsp3) is 1.00. The molecule has 0 aliphatic carbocycles. The van der Waals surface area contributed by atoms with Crippen LogP contribution in [-0.2, 0) is 0 Å². The molecule has 1 aliphatic heterocycles. The molecule has 0 amide bonds. The molecule has 3 nitrogen and oxygen atoms in total. The van der Waals surface area contributed by atoms with Crippen molar-refractivity contribution in [2.45, 2.75) is 39.3 Å². The van der Waals surface area contributed by atoms with Gasteiger partial charge in [0, 0.05) is 26.2 Å². The fourth-order valence-electron chi connectivity index (χ4n) is 1.92. The van der Waals surface area contributed by atoms with Gasteiger partial charge >= 0.3 is 0 Å². The lowest BCUT2D eigenvalue weighted by molar-refractivity contribution is -0.0269. The Bertz CT molecular complexity index is 144. The maximum atomic E-state index is 9.65. The maximum Gasteiger partial charge on any atom is 0.107 e. The molecule has 14 heavy (non-hydrogen) atoms. The summed E-state index contributed by atoms with van der Waals surface area (Å²) in [4.78, 5) is 4.69. The maximum absolute atomic E-state index is 9.65. The van der Waals surface area contributed by atoms with Gasteiger partial charge < -0.3 is 10.0 Å². The van der Waals surface area contributed by atoms with Gasteiger partial charge in [-0.15, -0.1) is 0 Å². The molecule has 1 rings (SSSR count). The average Bonchev–Trinajstić information content (AvgIpc) is 2.26. The zero-order valence-electron chi connectivity index (χ0n) is 9.58. The van der Waals surface area contributed by atoms with E-state index in [1.54, 1.807) is 0 Å². The van der Waals surface area contributed by atoms with E-state index in [2.05, 4.69) is 16.7 Å². The minimum Gasteiger partial charge on any atom is -0.378 e. The zero-order chi connectivity index (χ0) is 10.4. The second kappa shape index (κ2) is 6.38. The fourth-order valence-corrected chi connectivity index (χ4v) is 1.92. The van der Waals surface area contributed by atoms with E-state index in [1.807, 2.05) is 6.92 Å². The molecule has 84 valence electrons. The van der Waals surface area contributed by atoms with Gasteiger partial charge in [0.05, 0.1) is 0 Å². The largest absolute Gasteiger partial charge is 0.378 e. The van der Waals surface area contributed by atoms with Gasteiger partial charge in [-0.05, 0) is 19.4 Å². The summed E-state index contributed by atoms with van der Waals surface area (Å²) in [5, 5.41) is 9.65. The third-order valence-corrected chi connectivity index (χ3v) is 3.02. The lowest BCUT2D eigenvalue weighted by Gasteiger charge is -2.36. The second-order valence-corrected chi connectivity index (χ2v) is 4.12. The summed E-state index contributed by atoms with van der Waals surface area (Å²) < 4.78 is 0. The number of aliphatic hydroxyl groups excluding tert-OH is 1. The first kappa shape index (κ1) is 12.0. The Morgan fingerprint density at radius 3 is 2.29 bits per heavy atom. The van der Waals surface area contributed by atoms with Crippen molar-refractivity contribution in [3.05, 3.63) is 0 Å². The molecule has 1 saturated heterocycles. The average molecular weight is 200 g/mol. The molecule has 0 aromatic rings. The highest BCUT2D eigenvalue weighted by molar-refractivity contribution is 4.72. The number of piperazine rings is 1. The Balaban J connectivity index is 2.17. The Labute approximate surface area is 87.7 Å². The van der Waals surface area contributed by atoms with Gasteiger partial charge in [-0.25, -0.2) is 0 Å². The highest BCUT2D eigenvalue weighted by atomic mass is 16.3. The standard InChI is InChI=1S/C11H24N2O/c1-3-5-6-12-7-9-13(10-8-12)11(14)4-2/h11,14H,3-10H2,1-2H3. The number of nitrogens with zero attached hydrogens (tertiary/aromatic N) is 2. The van der Waals surface area contributed by atoms with E-state index in [0.717, 1.165) is 32.6 Å². The van der Waals surface area contributed by atoms with Crippen LogP contribution in [0.15, 0.2) is 0 Å². The van der Waals surface area contributed by atoms with Crippen LogP contribution < -0.4 is 0 Å². The lowest BCUT2D eigenvalue weighted by atomic mass is 10.2. The highest BCUT2D eigenvalue weighted by Crippen LogP contribution is 2.07. The SMILES string of the molecule is CCCCN1CCN(C(O)CC)CC1. The number of hydrogen-bond donors (Lipinski definition) is 1. The van der Waals surface area contributed by atoms with E-state index in [0.29, 0.717) is 0 Å². The smallest absolute Gasteiger partial charge is 0.107 e. The molecule has 0 saturated carbocycles. The zero-order valence-corrected chi connectivity index (χ0v) is 9.58. The van der Waals surface area contributed by atoms with Gasteiger partial charge in [-0.2, -0.15) is 0 Å². The van der Waals surface area contributed by atoms with E-state index < -0.39 is 0 Å². The number of hydrogen-bond acceptors (Lipinski definition) is 3. The van der Waals surface area contributed by atoms with Crippen molar-refractivity contribution < 1.29 is 5.11 Å². The molecule has 1 aliphatic rings. The van der Waals surface area contributed by atoms with Crippen LogP contribution >= 0.6 is 0 Å². The Kier molecular flexibility index (Phi) is 5.45. The van der Waals surface area contributed by atoms with Crippen LogP contribution in [-0.4, -0.2) is 53.9 Å². The van der Waals surface area contributed by atoms with E-state index in [-0.39, 0.29) is 6.23 Å².